The number of benzene rings is 1. The molecule has 2 N–H and O–H groups in total. The Kier molecular flexibility index (Phi) is 3.38. The molecular weight excluding hydrogens is 315 g/mol. The number of aromatic nitrogens is 3. The fourth-order valence-corrected chi connectivity index (χ4v) is 2.10. The maximum absolute atomic E-state index is 14.2. The number of nitrogens with zero attached hydrogens (tertiary/aromatic N) is 3. The monoisotopic (exact) mass is 322 g/mol. The lowest BCUT2D eigenvalue weighted by Crippen LogP contribution is -2.08. The van der Waals surface area contributed by atoms with E-state index in [1.165, 1.54) is 19.2 Å². The summed E-state index contributed by atoms with van der Waals surface area (Å²) in [6.07, 6.45) is 0. The molecule has 0 fully saturated rings. The molecular formula is C13H8ClFN4O3. The molecule has 3 rings (SSSR count). The van der Waals surface area contributed by atoms with Gasteiger partial charge in [-0.2, -0.15) is 0 Å². The third-order valence-electron chi connectivity index (χ3n) is 2.98. The number of halogens is 2. The largest absolute Gasteiger partial charge is 0.464 e. The first-order chi connectivity index (χ1) is 10.5. The number of hydrogen-bond donors (Lipinski definition) is 1. The average molecular weight is 323 g/mol. The molecule has 1 aromatic carbocycles. The van der Waals surface area contributed by atoms with Gasteiger partial charge in [-0.05, 0) is 22.4 Å². The highest BCUT2D eigenvalue weighted by Crippen LogP contribution is 2.31. The van der Waals surface area contributed by atoms with Gasteiger partial charge in [-0.15, -0.1) is 0 Å². The highest BCUT2D eigenvalue weighted by Gasteiger charge is 2.19. The van der Waals surface area contributed by atoms with Crippen LogP contribution in [0.4, 0.5) is 10.1 Å². The second kappa shape index (κ2) is 5.23. The fraction of sp³-hybridized carbons (Fsp3) is 0.0769. The van der Waals surface area contributed by atoms with E-state index in [1.807, 2.05) is 0 Å². The molecule has 0 atom stereocenters. The van der Waals surface area contributed by atoms with E-state index in [2.05, 4.69) is 24.7 Å². The van der Waals surface area contributed by atoms with Crippen LogP contribution in [0.1, 0.15) is 10.5 Å². The number of fused-ring (bicyclic) bond motifs is 1. The molecule has 0 spiro atoms. The minimum atomic E-state index is -0.775. The topological polar surface area (TPSA) is 104 Å². The first kappa shape index (κ1) is 14.2. The first-order valence-corrected chi connectivity index (χ1v) is 6.35. The fourth-order valence-electron chi connectivity index (χ4n) is 1.92. The number of hydrogen-bond acceptors (Lipinski definition) is 7. The lowest BCUT2D eigenvalue weighted by molar-refractivity contribution is 0.0594. The van der Waals surface area contributed by atoms with Crippen LogP contribution in [0.25, 0.3) is 22.3 Å². The van der Waals surface area contributed by atoms with Crippen LogP contribution in [-0.4, -0.2) is 28.4 Å². The van der Waals surface area contributed by atoms with Gasteiger partial charge in [-0.1, -0.05) is 11.6 Å². The predicted molar refractivity (Wildman–Crippen MR) is 75.8 cm³/mol. The molecule has 7 nitrogen and oxygen atoms in total. The molecule has 0 aliphatic carbocycles. The molecule has 0 amide bonds. The van der Waals surface area contributed by atoms with Crippen molar-refractivity contribution in [2.45, 2.75) is 0 Å². The Morgan fingerprint density at radius 2 is 2.00 bits per heavy atom. The number of methoxy groups -OCH3 is 1. The van der Waals surface area contributed by atoms with Crippen molar-refractivity contribution in [1.29, 1.82) is 0 Å². The molecule has 2 aromatic heterocycles. The van der Waals surface area contributed by atoms with Gasteiger partial charge in [0.2, 0.25) is 0 Å². The van der Waals surface area contributed by atoms with Crippen LogP contribution >= 0.6 is 11.6 Å². The van der Waals surface area contributed by atoms with Gasteiger partial charge in [0.15, 0.2) is 5.69 Å². The van der Waals surface area contributed by atoms with Crippen LogP contribution in [0, 0.1) is 5.82 Å². The third-order valence-corrected chi connectivity index (χ3v) is 3.38. The summed E-state index contributed by atoms with van der Waals surface area (Å²) in [5.74, 6) is -1.39. The van der Waals surface area contributed by atoms with Crippen LogP contribution in [0.3, 0.4) is 0 Å². The quantitative estimate of drug-likeness (QED) is 0.722. The summed E-state index contributed by atoms with van der Waals surface area (Å²) in [4.78, 5) is 15.7. The van der Waals surface area contributed by atoms with Crippen molar-refractivity contribution < 1.29 is 18.6 Å². The smallest absolute Gasteiger partial charge is 0.358 e. The molecule has 112 valence electrons. The molecule has 0 radical (unpaired) electrons. The van der Waals surface area contributed by atoms with Crippen LogP contribution < -0.4 is 5.73 Å². The Morgan fingerprint density at radius 1 is 1.32 bits per heavy atom. The van der Waals surface area contributed by atoms with Gasteiger partial charge in [0.25, 0.3) is 0 Å². The number of pyridine rings is 1. The second-order valence-electron chi connectivity index (χ2n) is 4.34. The number of rotatable bonds is 2. The first-order valence-electron chi connectivity index (χ1n) is 5.97. The van der Waals surface area contributed by atoms with Crippen LogP contribution in [0.5, 0.6) is 0 Å². The van der Waals surface area contributed by atoms with Gasteiger partial charge in [0, 0.05) is 11.6 Å². The van der Waals surface area contributed by atoms with Crippen molar-refractivity contribution >= 4 is 34.3 Å². The molecule has 0 unspecified atom stereocenters. The Hall–Kier alpha value is -2.74. The summed E-state index contributed by atoms with van der Waals surface area (Å²) in [5, 5.41) is 7.11. The highest BCUT2D eigenvalue weighted by molar-refractivity contribution is 6.35. The SMILES string of the molecule is COC(=O)c1nc(-c2cc3nonc3cc2F)cc(N)c1Cl. The molecule has 2 heterocycles. The van der Waals surface area contributed by atoms with Gasteiger partial charge in [-0.3, -0.25) is 0 Å². The van der Waals surface area contributed by atoms with Crippen molar-refractivity contribution in [2.24, 2.45) is 0 Å². The van der Waals surface area contributed by atoms with Crippen LogP contribution in [-0.2, 0) is 4.74 Å². The van der Waals surface area contributed by atoms with E-state index in [9.17, 15) is 9.18 Å². The van der Waals surface area contributed by atoms with Crippen LogP contribution in [0.15, 0.2) is 22.8 Å². The van der Waals surface area contributed by atoms with Crippen molar-refractivity contribution in [3.63, 3.8) is 0 Å². The molecule has 22 heavy (non-hydrogen) atoms. The average Bonchev–Trinajstić information content (AvgIpc) is 2.95. The standard InChI is InChI=1S/C13H8ClFN4O3/c1-21-13(20)12-11(14)7(16)4-8(17-12)5-2-9-10(3-6(5)15)19-22-18-9/h2-4H,1H3,(H2,16,17). The summed E-state index contributed by atoms with van der Waals surface area (Å²) in [7, 11) is 1.18. The minimum Gasteiger partial charge on any atom is -0.464 e. The zero-order chi connectivity index (χ0) is 15.9. The Labute approximate surface area is 127 Å². The zero-order valence-electron chi connectivity index (χ0n) is 11.1. The van der Waals surface area contributed by atoms with E-state index in [4.69, 9.17) is 17.3 Å². The lowest BCUT2D eigenvalue weighted by Gasteiger charge is -2.09. The summed E-state index contributed by atoms with van der Waals surface area (Å²) in [6, 6.07) is 3.88. The van der Waals surface area contributed by atoms with E-state index < -0.39 is 11.8 Å². The van der Waals surface area contributed by atoms with Gasteiger partial charge < -0.3 is 10.5 Å². The third kappa shape index (κ3) is 2.23. The maximum Gasteiger partial charge on any atom is 0.358 e. The van der Waals surface area contributed by atoms with Crippen molar-refractivity contribution in [2.75, 3.05) is 12.8 Å². The lowest BCUT2D eigenvalue weighted by atomic mass is 10.1. The number of carbonyl (C=O) groups is 1. The Balaban J connectivity index is 2.23. The number of nitrogens with two attached hydrogens (primary N) is 1. The van der Waals surface area contributed by atoms with Gasteiger partial charge >= 0.3 is 5.97 Å². The molecule has 9 heteroatoms. The molecule has 3 aromatic rings. The zero-order valence-corrected chi connectivity index (χ0v) is 11.9. The molecule has 0 saturated heterocycles. The summed E-state index contributed by atoms with van der Waals surface area (Å²) >= 11 is 5.92. The van der Waals surface area contributed by atoms with E-state index in [0.717, 1.165) is 6.07 Å². The van der Waals surface area contributed by atoms with Crippen LogP contribution in [0.2, 0.25) is 5.02 Å². The highest BCUT2D eigenvalue weighted by atomic mass is 35.5. The number of carbonyl (C=O) groups excluding carboxylic acids is 1. The summed E-state index contributed by atoms with van der Waals surface area (Å²) in [5.41, 5.74) is 6.42. The van der Waals surface area contributed by atoms with Crippen molar-refractivity contribution in [3.8, 4) is 11.3 Å². The number of ether oxygens (including phenoxy) is 1. The molecule has 0 saturated carbocycles. The normalized spacial score (nSPS) is 10.9. The van der Waals surface area contributed by atoms with Gasteiger partial charge in [0.05, 0.1) is 23.5 Å². The molecule has 0 aliphatic heterocycles. The summed E-state index contributed by atoms with van der Waals surface area (Å²) < 4.78 is 23.3. The van der Waals surface area contributed by atoms with E-state index >= 15 is 0 Å². The Morgan fingerprint density at radius 3 is 2.68 bits per heavy atom. The van der Waals surface area contributed by atoms with Gasteiger partial charge in [0.1, 0.15) is 16.9 Å². The van der Waals surface area contributed by atoms with Crippen molar-refractivity contribution in [3.05, 3.63) is 34.7 Å². The number of nitrogen functional groups attached to an aromatic ring is 1. The number of esters is 1. The molecule has 0 bridgehead atoms. The van der Waals surface area contributed by atoms with Crippen molar-refractivity contribution in [1.82, 2.24) is 15.3 Å². The van der Waals surface area contributed by atoms with Gasteiger partial charge in [-0.25, -0.2) is 18.8 Å². The predicted octanol–water partition coefficient (Wildman–Crippen LogP) is 2.45. The summed E-state index contributed by atoms with van der Waals surface area (Å²) in [6.45, 7) is 0. The van der Waals surface area contributed by atoms with E-state index in [0.29, 0.717) is 5.52 Å². The number of anilines is 1. The Bertz CT molecular complexity index is 896. The van der Waals surface area contributed by atoms with E-state index in [1.54, 1.807) is 0 Å². The second-order valence-corrected chi connectivity index (χ2v) is 4.71. The maximum atomic E-state index is 14.2. The van der Waals surface area contributed by atoms with E-state index in [-0.39, 0.29) is 33.2 Å². The minimum absolute atomic E-state index is 0.0554. The molecule has 0 aliphatic rings.